The number of hydrogen-bond acceptors (Lipinski definition) is 5. The van der Waals surface area contributed by atoms with E-state index < -0.39 is 0 Å². The molecule has 148 valence electrons. The molecule has 1 aromatic carbocycles. The molecule has 1 aliphatic carbocycles. The first-order valence-corrected chi connectivity index (χ1v) is 10.1. The number of nitrogens with zero attached hydrogens (tertiary/aromatic N) is 2. The topological polar surface area (TPSA) is 71.0 Å². The molecule has 0 radical (unpaired) electrons. The second kappa shape index (κ2) is 7.62. The van der Waals surface area contributed by atoms with Gasteiger partial charge >= 0.3 is 0 Å². The first kappa shape index (κ1) is 17.8. The van der Waals surface area contributed by atoms with E-state index in [4.69, 9.17) is 8.83 Å². The number of nitrogens with one attached hydrogen (secondary N) is 1. The second-order valence-corrected chi connectivity index (χ2v) is 7.50. The first-order valence-electron chi connectivity index (χ1n) is 10.1. The van der Waals surface area contributed by atoms with E-state index in [1.165, 1.54) is 29.0 Å². The summed E-state index contributed by atoms with van der Waals surface area (Å²) >= 11 is 0. The Hall–Kier alpha value is -3.28. The van der Waals surface area contributed by atoms with Crippen molar-refractivity contribution in [3.8, 4) is 0 Å². The summed E-state index contributed by atoms with van der Waals surface area (Å²) in [5.41, 5.74) is 4.54. The Balaban J connectivity index is 1.36. The highest BCUT2D eigenvalue weighted by atomic mass is 16.3. The number of carbonyl (C=O) groups excluding carboxylic acids is 1. The zero-order chi connectivity index (χ0) is 19.6. The van der Waals surface area contributed by atoms with E-state index in [0.29, 0.717) is 12.2 Å². The zero-order valence-corrected chi connectivity index (χ0v) is 16.1. The quantitative estimate of drug-likeness (QED) is 0.695. The third kappa shape index (κ3) is 3.46. The monoisotopic (exact) mass is 389 g/mol. The number of hydrogen-bond donors (Lipinski definition) is 1. The fourth-order valence-corrected chi connectivity index (χ4v) is 4.23. The highest BCUT2D eigenvalue weighted by Crippen LogP contribution is 2.33. The van der Waals surface area contributed by atoms with Crippen LogP contribution in [0, 0.1) is 0 Å². The Bertz CT molecular complexity index is 1020. The van der Waals surface area contributed by atoms with Gasteiger partial charge in [-0.3, -0.25) is 4.79 Å². The minimum absolute atomic E-state index is 0.0960. The van der Waals surface area contributed by atoms with Crippen LogP contribution in [0.3, 0.4) is 0 Å². The Morgan fingerprint density at radius 1 is 1.07 bits per heavy atom. The van der Waals surface area contributed by atoms with Crippen LogP contribution in [0.2, 0.25) is 0 Å². The molecule has 2 aromatic heterocycles. The molecule has 1 unspecified atom stereocenters. The van der Waals surface area contributed by atoms with Gasteiger partial charge in [-0.25, -0.2) is 5.01 Å². The molecule has 29 heavy (non-hydrogen) atoms. The van der Waals surface area contributed by atoms with Crippen LogP contribution in [0.4, 0.5) is 5.69 Å². The van der Waals surface area contributed by atoms with Crippen molar-refractivity contribution in [1.82, 2.24) is 5.01 Å². The van der Waals surface area contributed by atoms with E-state index in [0.717, 1.165) is 30.0 Å². The van der Waals surface area contributed by atoms with Gasteiger partial charge in [-0.1, -0.05) is 12.1 Å². The molecule has 6 nitrogen and oxygen atoms in total. The minimum atomic E-state index is -0.260. The van der Waals surface area contributed by atoms with Gasteiger partial charge < -0.3 is 14.2 Å². The van der Waals surface area contributed by atoms with Crippen molar-refractivity contribution in [2.45, 2.75) is 38.1 Å². The van der Waals surface area contributed by atoms with Gasteiger partial charge in [-0.15, -0.1) is 0 Å². The minimum Gasteiger partial charge on any atom is -0.467 e. The van der Waals surface area contributed by atoms with Crippen LogP contribution in [-0.4, -0.2) is 23.2 Å². The molecule has 2 aliphatic rings. The number of anilines is 1. The van der Waals surface area contributed by atoms with Crippen molar-refractivity contribution in [2.75, 3.05) is 11.9 Å². The van der Waals surface area contributed by atoms with Crippen molar-refractivity contribution in [3.05, 3.63) is 77.6 Å². The highest BCUT2D eigenvalue weighted by Gasteiger charge is 2.35. The van der Waals surface area contributed by atoms with Gasteiger partial charge in [0.1, 0.15) is 23.3 Å². The van der Waals surface area contributed by atoms with E-state index >= 15 is 0 Å². The number of aryl methyl sites for hydroxylation is 1. The lowest BCUT2D eigenvalue weighted by atomic mass is 9.90. The number of hydrazone groups is 1. The summed E-state index contributed by atoms with van der Waals surface area (Å²) in [6, 6.07) is 13.4. The Kier molecular flexibility index (Phi) is 4.68. The molecule has 5 rings (SSSR count). The Morgan fingerprint density at radius 2 is 1.93 bits per heavy atom. The van der Waals surface area contributed by atoms with Gasteiger partial charge in [0.15, 0.2) is 0 Å². The smallest absolute Gasteiger partial charge is 0.262 e. The van der Waals surface area contributed by atoms with Crippen molar-refractivity contribution in [3.63, 3.8) is 0 Å². The standard InChI is InChI=1S/C23H23N3O3/c27-23(15-24-18-9-3-7-16-6-1-2-8-17(16)18)26-20(22-11-5-13-29-22)14-19(25-26)21-10-4-12-28-21/h3-5,7,9-13,20,24H,1-2,6,8,14-15H2. The molecular formula is C23H23N3O3. The fraction of sp³-hybridized carbons (Fsp3) is 0.304. The van der Waals surface area contributed by atoms with Crippen LogP contribution < -0.4 is 5.32 Å². The summed E-state index contributed by atoms with van der Waals surface area (Å²) in [7, 11) is 0. The maximum absolute atomic E-state index is 13.1. The van der Waals surface area contributed by atoms with Crippen LogP contribution in [0.15, 0.2) is 68.9 Å². The van der Waals surface area contributed by atoms with Crippen LogP contribution >= 0.6 is 0 Å². The molecule has 6 heteroatoms. The zero-order valence-electron chi connectivity index (χ0n) is 16.1. The molecule has 0 fully saturated rings. The highest BCUT2D eigenvalue weighted by molar-refractivity contribution is 6.01. The number of fused-ring (bicyclic) bond motifs is 1. The van der Waals surface area contributed by atoms with Crippen molar-refractivity contribution < 1.29 is 13.6 Å². The van der Waals surface area contributed by atoms with Gasteiger partial charge in [0, 0.05) is 12.1 Å². The summed E-state index contributed by atoms with van der Waals surface area (Å²) in [6.07, 6.45) is 8.41. The number of furan rings is 2. The van der Waals surface area contributed by atoms with Gasteiger partial charge in [-0.05, 0) is 67.1 Å². The lowest BCUT2D eigenvalue weighted by Gasteiger charge is -2.22. The molecule has 1 aliphatic heterocycles. The van der Waals surface area contributed by atoms with Gasteiger partial charge in [0.25, 0.3) is 5.91 Å². The molecule has 1 amide bonds. The normalized spacial score (nSPS) is 18.4. The molecule has 1 N–H and O–H groups in total. The van der Waals surface area contributed by atoms with E-state index in [9.17, 15) is 4.79 Å². The van der Waals surface area contributed by atoms with Crippen LogP contribution in [0.25, 0.3) is 0 Å². The average molecular weight is 389 g/mol. The summed E-state index contributed by atoms with van der Waals surface area (Å²) in [4.78, 5) is 13.1. The summed E-state index contributed by atoms with van der Waals surface area (Å²) < 4.78 is 11.1. The van der Waals surface area contributed by atoms with Gasteiger partial charge in [-0.2, -0.15) is 5.10 Å². The summed E-state index contributed by atoms with van der Waals surface area (Å²) in [5.74, 6) is 1.31. The third-order valence-corrected chi connectivity index (χ3v) is 5.67. The summed E-state index contributed by atoms with van der Waals surface area (Å²) in [6.45, 7) is 0.183. The van der Waals surface area contributed by atoms with E-state index in [-0.39, 0.29) is 18.5 Å². The number of benzene rings is 1. The van der Waals surface area contributed by atoms with Gasteiger partial charge in [0.05, 0.1) is 19.1 Å². The van der Waals surface area contributed by atoms with E-state index in [2.05, 4.69) is 28.6 Å². The van der Waals surface area contributed by atoms with Crippen LogP contribution in [-0.2, 0) is 17.6 Å². The molecule has 0 saturated carbocycles. The van der Waals surface area contributed by atoms with Crippen molar-refractivity contribution >= 4 is 17.3 Å². The maximum Gasteiger partial charge on any atom is 0.262 e. The Morgan fingerprint density at radius 3 is 2.76 bits per heavy atom. The lowest BCUT2D eigenvalue weighted by molar-refractivity contribution is -0.131. The fourth-order valence-electron chi connectivity index (χ4n) is 4.23. The second-order valence-electron chi connectivity index (χ2n) is 7.50. The molecule has 0 bridgehead atoms. The van der Waals surface area contributed by atoms with Crippen LogP contribution in [0.5, 0.6) is 0 Å². The SMILES string of the molecule is O=C(CNc1cccc2c1CCCC2)N1N=C(c2ccco2)CC1c1ccco1. The molecule has 0 spiro atoms. The predicted molar refractivity (Wildman–Crippen MR) is 110 cm³/mol. The average Bonchev–Trinajstić information content (AvgIpc) is 3.52. The van der Waals surface area contributed by atoms with Crippen molar-refractivity contribution in [1.29, 1.82) is 0 Å². The van der Waals surface area contributed by atoms with Gasteiger partial charge in [0.2, 0.25) is 0 Å². The van der Waals surface area contributed by atoms with E-state index in [1.54, 1.807) is 12.5 Å². The first-order chi connectivity index (χ1) is 14.3. The summed E-state index contributed by atoms with van der Waals surface area (Å²) in [5, 5.41) is 9.45. The van der Waals surface area contributed by atoms with Crippen LogP contribution in [0.1, 0.15) is 48.0 Å². The molecule has 0 saturated heterocycles. The largest absolute Gasteiger partial charge is 0.467 e. The molecular weight excluding hydrogens is 366 g/mol. The predicted octanol–water partition coefficient (Wildman–Crippen LogP) is 4.54. The Labute approximate surface area is 169 Å². The molecule has 1 atom stereocenters. The number of carbonyl (C=O) groups is 1. The molecule has 3 aromatic rings. The lowest BCUT2D eigenvalue weighted by Crippen LogP contribution is -2.32. The van der Waals surface area contributed by atoms with E-state index in [1.807, 2.05) is 24.3 Å². The molecule has 3 heterocycles. The van der Waals surface area contributed by atoms with Crippen molar-refractivity contribution in [2.24, 2.45) is 5.10 Å². The number of amides is 1. The number of rotatable bonds is 5. The third-order valence-electron chi connectivity index (χ3n) is 5.67. The maximum atomic E-state index is 13.1.